The third-order valence-corrected chi connectivity index (χ3v) is 3.94. The van der Waals surface area contributed by atoms with E-state index >= 15 is 0 Å². The van der Waals surface area contributed by atoms with Gasteiger partial charge in [-0.3, -0.25) is 4.79 Å². The third kappa shape index (κ3) is 2.09. The normalized spacial score (nSPS) is 14.5. The molecule has 0 amide bonds. The van der Waals surface area contributed by atoms with Crippen LogP contribution in [0.1, 0.15) is 24.3 Å². The Morgan fingerprint density at radius 3 is 2.71 bits per heavy atom. The van der Waals surface area contributed by atoms with E-state index in [1.807, 2.05) is 18.2 Å². The molecule has 2 aromatic carbocycles. The average Bonchev–Trinajstić information content (AvgIpc) is 3.32. The van der Waals surface area contributed by atoms with Crippen LogP contribution in [0.25, 0.3) is 22.3 Å². The Labute approximate surface area is 121 Å². The highest BCUT2D eigenvalue weighted by atomic mass is 16.3. The van der Waals surface area contributed by atoms with Crippen molar-refractivity contribution in [3.63, 3.8) is 0 Å². The summed E-state index contributed by atoms with van der Waals surface area (Å²) in [6.45, 7) is 0. The van der Waals surface area contributed by atoms with E-state index in [1.54, 1.807) is 24.3 Å². The molecule has 0 aliphatic heterocycles. The van der Waals surface area contributed by atoms with Crippen LogP contribution in [0, 0.1) is 0 Å². The SMILES string of the molecule is O=c1[nH]c(-c2ccc(C3CC3)cc2O)nc2ccccc12. The fraction of sp³-hybridized carbons (Fsp3) is 0.176. The van der Waals surface area contributed by atoms with Crippen molar-refractivity contribution in [2.45, 2.75) is 18.8 Å². The van der Waals surface area contributed by atoms with Crippen molar-refractivity contribution in [1.82, 2.24) is 9.97 Å². The minimum absolute atomic E-state index is 0.165. The van der Waals surface area contributed by atoms with Gasteiger partial charge in [0.25, 0.3) is 5.56 Å². The lowest BCUT2D eigenvalue weighted by molar-refractivity contribution is 0.476. The molecule has 0 spiro atoms. The number of H-pyrrole nitrogens is 1. The molecule has 2 N–H and O–H groups in total. The van der Waals surface area contributed by atoms with Crippen molar-refractivity contribution in [3.05, 3.63) is 58.4 Å². The number of nitrogens with one attached hydrogen (secondary N) is 1. The number of aromatic hydroxyl groups is 1. The van der Waals surface area contributed by atoms with Crippen molar-refractivity contribution in [2.75, 3.05) is 0 Å². The molecule has 104 valence electrons. The molecule has 4 rings (SSSR count). The average molecular weight is 278 g/mol. The van der Waals surface area contributed by atoms with E-state index in [0.29, 0.717) is 28.2 Å². The van der Waals surface area contributed by atoms with Crippen LogP contribution in [0.4, 0.5) is 0 Å². The van der Waals surface area contributed by atoms with E-state index in [4.69, 9.17) is 0 Å². The van der Waals surface area contributed by atoms with Crippen LogP contribution in [0.15, 0.2) is 47.3 Å². The Kier molecular flexibility index (Phi) is 2.57. The quantitative estimate of drug-likeness (QED) is 0.756. The minimum Gasteiger partial charge on any atom is -0.507 e. The Bertz CT molecular complexity index is 895. The molecule has 1 aromatic heterocycles. The van der Waals surface area contributed by atoms with Crippen LogP contribution in [-0.4, -0.2) is 15.1 Å². The monoisotopic (exact) mass is 278 g/mol. The summed E-state index contributed by atoms with van der Waals surface area (Å²) in [4.78, 5) is 19.3. The number of fused-ring (bicyclic) bond motifs is 1. The second-order valence-corrected chi connectivity index (χ2v) is 5.48. The molecule has 21 heavy (non-hydrogen) atoms. The van der Waals surface area contributed by atoms with Gasteiger partial charge in [-0.25, -0.2) is 4.98 Å². The molecule has 0 bridgehead atoms. The maximum absolute atomic E-state index is 12.1. The van der Waals surface area contributed by atoms with Gasteiger partial charge in [0.15, 0.2) is 0 Å². The van der Waals surface area contributed by atoms with Gasteiger partial charge in [-0.15, -0.1) is 0 Å². The predicted molar refractivity (Wildman–Crippen MR) is 81.4 cm³/mol. The van der Waals surface area contributed by atoms with Crippen molar-refractivity contribution in [3.8, 4) is 17.1 Å². The lowest BCUT2D eigenvalue weighted by Crippen LogP contribution is -2.09. The number of aromatic amines is 1. The van der Waals surface area contributed by atoms with E-state index in [2.05, 4.69) is 9.97 Å². The fourth-order valence-corrected chi connectivity index (χ4v) is 2.63. The topological polar surface area (TPSA) is 66.0 Å². The fourth-order valence-electron chi connectivity index (χ4n) is 2.63. The van der Waals surface area contributed by atoms with Crippen molar-refractivity contribution >= 4 is 10.9 Å². The van der Waals surface area contributed by atoms with Crippen molar-refractivity contribution < 1.29 is 5.11 Å². The van der Waals surface area contributed by atoms with Gasteiger partial charge in [-0.05, 0) is 48.6 Å². The zero-order valence-electron chi connectivity index (χ0n) is 11.3. The van der Waals surface area contributed by atoms with E-state index in [9.17, 15) is 9.90 Å². The number of nitrogens with zero attached hydrogens (tertiary/aromatic N) is 1. The van der Waals surface area contributed by atoms with Crippen LogP contribution >= 0.6 is 0 Å². The maximum atomic E-state index is 12.1. The standard InChI is InChI=1S/C17H14N2O2/c20-15-9-11(10-5-6-10)7-8-13(15)16-18-14-4-2-1-3-12(14)17(21)19-16/h1-4,7-10,20H,5-6H2,(H,18,19,21). The van der Waals surface area contributed by atoms with E-state index in [-0.39, 0.29) is 11.3 Å². The Hall–Kier alpha value is -2.62. The Morgan fingerprint density at radius 2 is 1.95 bits per heavy atom. The Morgan fingerprint density at radius 1 is 1.14 bits per heavy atom. The molecule has 1 aliphatic carbocycles. The molecule has 0 atom stereocenters. The Balaban J connectivity index is 1.88. The smallest absolute Gasteiger partial charge is 0.259 e. The summed E-state index contributed by atoms with van der Waals surface area (Å²) in [5, 5.41) is 10.8. The number of hydrogen-bond donors (Lipinski definition) is 2. The largest absolute Gasteiger partial charge is 0.507 e. The number of para-hydroxylation sites is 1. The summed E-state index contributed by atoms with van der Waals surface area (Å²) in [5.41, 5.74) is 2.14. The van der Waals surface area contributed by atoms with Crippen LogP contribution in [0.2, 0.25) is 0 Å². The summed E-state index contributed by atoms with van der Waals surface area (Å²) >= 11 is 0. The first-order chi connectivity index (χ1) is 10.2. The van der Waals surface area contributed by atoms with Crippen molar-refractivity contribution in [2.24, 2.45) is 0 Å². The number of aromatic nitrogens is 2. The maximum Gasteiger partial charge on any atom is 0.259 e. The molecular weight excluding hydrogens is 264 g/mol. The molecule has 1 aliphatic rings. The van der Waals surface area contributed by atoms with Gasteiger partial charge in [-0.2, -0.15) is 0 Å². The van der Waals surface area contributed by atoms with Gasteiger partial charge in [-0.1, -0.05) is 18.2 Å². The number of benzene rings is 2. The second-order valence-electron chi connectivity index (χ2n) is 5.48. The van der Waals surface area contributed by atoms with Gasteiger partial charge < -0.3 is 10.1 Å². The third-order valence-electron chi connectivity index (χ3n) is 3.94. The molecule has 0 radical (unpaired) electrons. The van der Waals surface area contributed by atoms with E-state index in [1.165, 1.54) is 12.8 Å². The molecule has 0 unspecified atom stereocenters. The molecule has 1 fully saturated rings. The molecule has 1 heterocycles. The minimum atomic E-state index is -0.193. The van der Waals surface area contributed by atoms with Gasteiger partial charge in [0, 0.05) is 0 Å². The molecule has 4 nitrogen and oxygen atoms in total. The number of rotatable bonds is 2. The van der Waals surface area contributed by atoms with Gasteiger partial charge >= 0.3 is 0 Å². The number of phenolic OH excluding ortho intramolecular Hbond substituents is 1. The number of hydrogen-bond acceptors (Lipinski definition) is 3. The van der Waals surface area contributed by atoms with Crippen LogP contribution in [-0.2, 0) is 0 Å². The number of phenols is 1. The molecule has 3 aromatic rings. The summed E-state index contributed by atoms with van der Waals surface area (Å²) in [7, 11) is 0. The summed E-state index contributed by atoms with van der Waals surface area (Å²) in [6.07, 6.45) is 2.37. The van der Waals surface area contributed by atoms with Crippen molar-refractivity contribution in [1.29, 1.82) is 0 Å². The second kappa shape index (κ2) is 4.45. The van der Waals surface area contributed by atoms with Crippen LogP contribution in [0.3, 0.4) is 0 Å². The summed E-state index contributed by atoms with van der Waals surface area (Å²) in [5.74, 6) is 1.14. The van der Waals surface area contributed by atoms with Crippen LogP contribution < -0.4 is 5.56 Å². The first-order valence-electron chi connectivity index (χ1n) is 7.05. The van der Waals surface area contributed by atoms with E-state index in [0.717, 1.165) is 5.56 Å². The van der Waals surface area contributed by atoms with Gasteiger partial charge in [0.2, 0.25) is 0 Å². The zero-order valence-corrected chi connectivity index (χ0v) is 11.3. The first-order valence-corrected chi connectivity index (χ1v) is 7.05. The summed E-state index contributed by atoms with van der Waals surface area (Å²) in [6, 6.07) is 12.8. The molecule has 1 saturated carbocycles. The lowest BCUT2D eigenvalue weighted by atomic mass is 10.1. The highest BCUT2D eigenvalue weighted by Crippen LogP contribution is 2.42. The van der Waals surface area contributed by atoms with Gasteiger partial charge in [0.1, 0.15) is 11.6 Å². The summed E-state index contributed by atoms with van der Waals surface area (Å²) < 4.78 is 0. The van der Waals surface area contributed by atoms with Gasteiger partial charge in [0.05, 0.1) is 16.5 Å². The zero-order chi connectivity index (χ0) is 14.4. The van der Waals surface area contributed by atoms with E-state index < -0.39 is 0 Å². The lowest BCUT2D eigenvalue weighted by Gasteiger charge is -2.07. The molecule has 4 heteroatoms. The highest BCUT2D eigenvalue weighted by Gasteiger charge is 2.24. The molecule has 0 saturated heterocycles. The predicted octanol–water partition coefficient (Wildman–Crippen LogP) is 3.17. The molecular formula is C17H14N2O2. The van der Waals surface area contributed by atoms with Crippen LogP contribution in [0.5, 0.6) is 5.75 Å². The highest BCUT2D eigenvalue weighted by molar-refractivity contribution is 5.80. The first kappa shape index (κ1) is 12.1.